The summed E-state index contributed by atoms with van der Waals surface area (Å²) in [5, 5.41) is 2.70. The van der Waals surface area contributed by atoms with Crippen molar-refractivity contribution in [2.45, 2.75) is 38.3 Å². The Morgan fingerprint density at radius 2 is 2.00 bits per heavy atom. The zero-order valence-corrected chi connectivity index (χ0v) is 13.5. The second kappa shape index (κ2) is 7.76. The predicted octanol–water partition coefficient (Wildman–Crippen LogP) is 0.898. The molecule has 6 nitrogen and oxygen atoms in total. The number of hydrogen-bond donors (Lipinski definition) is 1. The molecule has 2 rings (SSSR count). The van der Waals surface area contributed by atoms with Crippen molar-refractivity contribution in [1.29, 1.82) is 0 Å². The van der Waals surface area contributed by atoms with Crippen molar-refractivity contribution >= 4 is 17.8 Å². The van der Waals surface area contributed by atoms with E-state index in [0.717, 1.165) is 12.0 Å². The summed E-state index contributed by atoms with van der Waals surface area (Å²) in [6, 6.07) is 8.25. The van der Waals surface area contributed by atoms with Crippen molar-refractivity contribution < 1.29 is 19.1 Å². The standard InChI is InChI=1S/C17H22N2O4/c1-12(20)18-14(11-13-7-4-3-5-8-13)16(21)19-10-6-9-15(19)17(22)23-2/h3-5,7-8,14-15H,6,9-11H2,1-2H3,(H,18,20)/t14-,15-/m0/s1. The normalized spacial score (nSPS) is 18.3. The molecule has 1 fully saturated rings. The van der Waals surface area contributed by atoms with E-state index in [2.05, 4.69) is 5.32 Å². The number of methoxy groups -OCH3 is 1. The molecule has 0 spiro atoms. The number of esters is 1. The van der Waals surface area contributed by atoms with Gasteiger partial charge in [0.25, 0.3) is 0 Å². The topological polar surface area (TPSA) is 75.7 Å². The van der Waals surface area contributed by atoms with Gasteiger partial charge in [-0.25, -0.2) is 4.79 Å². The summed E-state index contributed by atoms with van der Waals surface area (Å²) in [6.07, 6.45) is 1.74. The minimum atomic E-state index is -0.680. The van der Waals surface area contributed by atoms with E-state index < -0.39 is 18.1 Å². The molecular formula is C17H22N2O4. The lowest BCUT2D eigenvalue weighted by atomic mass is 10.0. The zero-order chi connectivity index (χ0) is 16.8. The second-order valence-electron chi connectivity index (χ2n) is 5.66. The van der Waals surface area contributed by atoms with Crippen LogP contribution in [0, 0.1) is 0 Å². The molecule has 6 heteroatoms. The average molecular weight is 318 g/mol. The van der Waals surface area contributed by atoms with Crippen molar-refractivity contribution in [2.24, 2.45) is 0 Å². The predicted molar refractivity (Wildman–Crippen MR) is 84.5 cm³/mol. The number of benzene rings is 1. The third kappa shape index (κ3) is 4.31. The molecule has 0 radical (unpaired) electrons. The summed E-state index contributed by atoms with van der Waals surface area (Å²) in [6.45, 7) is 1.89. The van der Waals surface area contributed by atoms with Crippen molar-refractivity contribution in [1.82, 2.24) is 10.2 Å². The van der Waals surface area contributed by atoms with Crippen LogP contribution < -0.4 is 5.32 Å². The van der Waals surface area contributed by atoms with Gasteiger partial charge in [0.15, 0.2) is 0 Å². The number of hydrogen-bond acceptors (Lipinski definition) is 4. The Balaban J connectivity index is 2.15. The van der Waals surface area contributed by atoms with E-state index in [4.69, 9.17) is 4.74 Å². The molecule has 2 atom stereocenters. The van der Waals surface area contributed by atoms with Gasteiger partial charge in [0.2, 0.25) is 11.8 Å². The Hall–Kier alpha value is -2.37. The molecule has 1 N–H and O–H groups in total. The van der Waals surface area contributed by atoms with Crippen LogP contribution in [0.5, 0.6) is 0 Å². The Kier molecular flexibility index (Phi) is 5.73. The smallest absolute Gasteiger partial charge is 0.328 e. The van der Waals surface area contributed by atoms with E-state index in [1.165, 1.54) is 18.9 Å². The molecule has 1 aliphatic heterocycles. The number of carbonyl (C=O) groups is 3. The van der Waals surface area contributed by atoms with E-state index in [-0.39, 0.29) is 11.8 Å². The van der Waals surface area contributed by atoms with Crippen molar-refractivity contribution in [2.75, 3.05) is 13.7 Å². The first kappa shape index (κ1) is 17.0. The van der Waals surface area contributed by atoms with Gasteiger partial charge in [-0.15, -0.1) is 0 Å². The molecule has 1 aliphatic rings. The lowest BCUT2D eigenvalue weighted by Gasteiger charge is -2.27. The van der Waals surface area contributed by atoms with Crippen molar-refractivity contribution in [3.63, 3.8) is 0 Å². The summed E-state index contributed by atoms with van der Waals surface area (Å²) in [5.74, 6) is -0.915. The Labute approximate surface area is 135 Å². The minimum absolute atomic E-state index is 0.239. The number of ether oxygens (including phenoxy) is 1. The first-order valence-electron chi connectivity index (χ1n) is 7.72. The molecule has 1 saturated heterocycles. The number of carbonyl (C=O) groups excluding carboxylic acids is 3. The van der Waals surface area contributed by atoms with Crippen molar-refractivity contribution in [3.05, 3.63) is 35.9 Å². The summed E-state index contributed by atoms with van der Waals surface area (Å²) in [5.41, 5.74) is 0.952. The van der Waals surface area contributed by atoms with Gasteiger partial charge in [-0.05, 0) is 18.4 Å². The number of nitrogens with zero attached hydrogens (tertiary/aromatic N) is 1. The Morgan fingerprint density at radius 1 is 1.30 bits per heavy atom. The van der Waals surface area contributed by atoms with Gasteiger partial charge in [0.05, 0.1) is 7.11 Å². The van der Waals surface area contributed by atoms with E-state index in [1.54, 1.807) is 0 Å². The molecule has 23 heavy (non-hydrogen) atoms. The molecule has 1 aromatic carbocycles. The molecule has 0 aromatic heterocycles. The Morgan fingerprint density at radius 3 is 2.61 bits per heavy atom. The quantitative estimate of drug-likeness (QED) is 0.818. The van der Waals surface area contributed by atoms with E-state index >= 15 is 0 Å². The van der Waals surface area contributed by atoms with Crippen LogP contribution in [0.4, 0.5) is 0 Å². The molecule has 2 amide bonds. The fourth-order valence-corrected chi connectivity index (χ4v) is 2.91. The molecule has 124 valence electrons. The number of amides is 2. The highest BCUT2D eigenvalue weighted by Crippen LogP contribution is 2.20. The van der Waals surface area contributed by atoms with Crippen LogP contribution in [-0.2, 0) is 25.5 Å². The monoisotopic (exact) mass is 318 g/mol. The first-order chi connectivity index (χ1) is 11.0. The van der Waals surface area contributed by atoms with Crippen LogP contribution in [0.1, 0.15) is 25.3 Å². The lowest BCUT2D eigenvalue weighted by molar-refractivity contribution is -0.151. The van der Waals surface area contributed by atoms with E-state index in [1.807, 2.05) is 30.3 Å². The van der Waals surface area contributed by atoms with Gasteiger partial charge < -0.3 is 15.0 Å². The average Bonchev–Trinajstić information content (AvgIpc) is 3.03. The van der Waals surface area contributed by atoms with E-state index in [9.17, 15) is 14.4 Å². The van der Waals surface area contributed by atoms with Gasteiger partial charge in [0, 0.05) is 19.9 Å². The van der Waals surface area contributed by atoms with Crippen LogP contribution in [-0.4, -0.2) is 48.4 Å². The summed E-state index contributed by atoms with van der Waals surface area (Å²) in [7, 11) is 1.32. The lowest BCUT2D eigenvalue weighted by Crippen LogP contribution is -2.52. The summed E-state index contributed by atoms with van der Waals surface area (Å²) >= 11 is 0. The minimum Gasteiger partial charge on any atom is -0.467 e. The van der Waals surface area contributed by atoms with Gasteiger partial charge in [0.1, 0.15) is 12.1 Å². The maximum atomic E-state index is 12.8. The zero-order valence-electron chi connectivity index (χ0n) is 13.5. The van der Waals surface area contributed by atoms with Crippen LogP contribution in [0.3, 0.4) is 0 Å². The van der Waals surface area contributed by atoms with Crippen molar-refractivity contribution in [3.8, 4) is 0 Å². The first-order valence-corrected chi connectivity index (χ1v) is 7.72. The van der Waals surface area contributed by atoms with Gasteiger partial charge >= 0.3 is 5.97 Å². The van der Waals surface area contributed by atoms with E-state index in [0.29, 0.717) is 19.4 Å². The van der Waals surface area contributed by atoms with Crippen LogP contribution in [0.25, 0.3) is 0 Å². The fourth-order valence-electron chi connectivity index (χ4n) is 2.91. The molecule has 1 heterocycles. The summed E-state index contributed by atoms with van der Waals surface area (Å²) in [4.78, 5) is 37.6. The number of rotatable bonds is 5. The second-order valence-corrected chi connectivity index (χ2v) is 5.66. The van der Waals surface area contributed by atoms with Gasteiger partial charge in [-0.1, -0.05) is 30.3 Å². The third-order valence-corrected chi connectivity index (χ3v) is 3.97. The van der Waals surface area contributed by atoms with Crippen LogP contribution in [0.15, 0.2) is 30.3 Å². The SMILES string of the molecule is COC(=O)[C@@H]1CCCN1C(=O)[C@H](Cc1ccccc1)NC(C)=O. The maximum absolute atomic E-state index is 12.8. The molecule has 0 saturated carbocycles. The molecule has 0 unspecified atom stereocenters. The number of nitrogens with one attached hydrogen (secondary N) is 1. The highest BCUT2D eigenvalue weighted by atomic mass is 16.5. The Bertz CT molecular complexity index is 573. The van der Waals surface area contributed by atoms with Crippen LogP contribution in [0.2, 0.25) is 0 Å². The van der Waals surface area contributed by atoms with Gasteiger partial charge in [-0.2, -0.15) is 0 Å². The van der Waals surface area contributed by atoms with Gasteiger partial charge in [-0.3, -0.25) is 9.59 Å². The third-order valence-electron chi connectivity index (χ3n) is 3.97. The largest absolute Gasteiger partial charge is 0.467 e. The number of likely N-dealkylation sites (tertiary alicyclic amines) is 1. The highest BCUT2D eigenvalue weighted by Gasteiger charge is 2.38. The molecule has 1 aromatic rings. The molecule has 0 bridgehead atoms. The summed E-state index contributed by atoms with van der Waals surface area (Å²) < 4.78 is 4.77. The molecular weight excluding hydrogens is 296 g/mol. The fraction of sp³-hybridized carbons (Fsp3) is 0.471. The molecule has 0 aliphatic carbocycles. The highest BCUT2D eigenvalue weighted by molar-refractivity contribution is 5.91. The van der Waals surface area contributed by atoms with Crippen LogP contribution >= 0.6 is 0 Å². The maximum Gasteiger partial charge on any atom is 0.328 e.